The van der Waals surface area contributed by atoms with Crippen LogP contribution in [-0.2, 0) is 9.59 Å². The summed E-state index contributed by atoms with van der Waals surface area (Å²) in [6, 6.07) is 39.2. The number of nitrogens with one attached hydrogen (secondary N) is 1. The van der Waals surface area contributed by atoms with E-state index in [0.717, 1.165) is 37.9 Å². The number of thiophene rings is 1. The van der Waals surface area contributed by atoms with Crippen molar-refractivity contribution < 1.29 is 19.8 Å². The van der Waals surface area contributed by atoms with E-state index in [9.17, 15) is 35.7 Å². The number of nitriles is 2. The van der Waals surface area contributed by atoms with E-state index in [2.05, 4.69) is 70.6 Å². The van der Waals surface area contributed by atoms with Gasteiger partial charge in [0, 0.05) is 43.5 Å². The van der Waals surface area contributed by atoms with E-state index >= 15 is 0 Å². The Morgan fingerprint density at radius 2 is 1.38 bits per heavy atom. The van der Waals surface area contributed by atoms with E-state index in [1.807, 2.05) is 61.5 Å². The average molecular weight is 758 g/mol. The van der Waals surface area contributed by atoms with Gasteiger partial charge in [-0.1, -0.05) is 60.7 Å². The molecular formula is C44H31N5O4S2. The highest BCUT2D eigenvalue weighted by atomic mass is 32.1. The first-order chi connectivity index (χ1) is 26.6. The van der Waals surface area contributed by atoms with Crippen LogP contribution in [0.4, 0.5) is 17.1 Å². The highest BCUT2D eigenvalue weighted by Gasteiger charge is 2.25. The Morgan fingerprint density at radius 3 is 1.93 bits per heavy atom. The summed E-state index contributed by atoms with van der Waals surface area (Å²) >= 11 is 5.79. The van der Waals surface area contributed by atoms with Crippen molar-refractivity contribution in [1.82, 2.24) is 0 Å². The average Bonchev–Trinajstić information content (AvgIpc) is 3.58. The van der Waals surface area contributed by atoms with Gasteiger partial charge in [0.1, 0.15) is 17.4 Å². The zero-order valence-corrected chi connectivity index (χ0v) is 31.0. The van der Waals surface area contributed by atoms with Crippen LogP contribution >= 0.6 is 24.2 Å². The molecule has 4 aromatic carbocycles. The Bertz CT molecular complexity index is 2530. The number of hydrogen-bond donors (Lipinski definition) is 4. The van der Waals surface area contributed by atoms with Crippen molar-refractivity contribution in [3.05, 3.63) is 160 Å². The number of thiol groups is 1. The maximum Gasteiger partial charge on any atom is 0.346 e. The highest BCUT2D eigenvalue weighted by Crippen LogP contribution is 2.41. The van der Waals surface area contributed by atoms with E-state index in [1.165, 1.54) is 12.2 Å². The summed E-state index contributed by atoms with van der Waals surface area (Å²) in [7, 11) is 0. The number of hydrogen-bond acceptors (Lipinski definition) is 9. The van der Waals surface area contributed by atoms with Crippen LogP contribution in [-0.4, -0.2) is 33.6 Å². The molecule has 0 radical (unpaired) electrons. The summed E-state index contributed by atoms with van der Waals surface area (Å²) in [5.41, 5.74) is 7.31. The second kappa shape index (κ2) is 16.7. The largest absolute Gasteiger partial charge is 0.481 e. The molecule has 268 valence electrons. The van der Waals surface area contributed by atoms with E-state index in [1.54, 1.807) is 41.7 Å². The molecule has 1 aromatic heterocycles. The third-order valence-corrected chi connectivity index (χ3v) is 10.2. The number of carboxylic acids is 2. The Kier molecular flexibility index (Phi) is 11.5. The molecule has 5 aromatic rings. The van der Waals surface area contributed by atoms with Crippen molar-refractivity contribution in [3.63, 3.8) is 0 Å². The van der Waals surface area contributed by atoms with E-state index in [-0.39, 0.29) is 17.0 Å². The number of aliphatic carboxylic acids is 2. The quantitative estimate of drug-likeness (QED) is 0.0451. The molecule has 0 aliphatic heterocycles. The van der Waals surface area contributed by atoms with Crippen LogP contribution in [0.3, 0.4) is 0 Å². The molecule has 11 heteroatoms. The fourth-order valence-electron chi connectivity index (χ4n) is 6.19. The molecule has 1 heterocycles. The second-order valence-electron chi connectivity index (χ2n) is 12.4. The van der Waals surface area contributed by atoms with Gasteiger partial charge in [0.2, 0.25) is 0 Å². The predicted octanol–water partition coefficient (Wildman–Crippen LogP) is 10.4. The molecule has 9 nitrogen and oxygen atoms in total. The third-order valence-electron chi connectivity index (χ3n) is 8.65. The van der Waals surface area contributed by atoms with Gasteiger partial charge in [0.25, 0.3) is 0 Å². The zero-order chi connectivity index (χ0) is 39.1. The second-order valence-corrected chi connectivity index (χ2v) is 13.6. The van der Waals surface area contributed by atoms with E-state index in [4.69, 9.17) is 0 Å². The molecule has 0 spiro atoms. The fourth-order valence-corrected chi connectivity index (χ4v) is 7.61. The van der Waals surface area contributed by atoms with Crippen molar-refractivity contribution in [1.29, 1.82) is 15.9 Å². The molecule has 1 aliphatic carbocycles. The molecule has 55 heavy (non-hydrogen) atoms. The van der Waals surface area contributed by atoms with Gasteiger partial charge in [-0.3, -0.25) is 10.2 Å². The first kappa shape index (κ1) is 37.7. The third kappa shape index (κ3) is 8.45. The number of carbonyl (C=O) groups is 2. The van der Waals surface area contributed by atoms with Crippen molar-refractivity contribution >= 4 is 87.9 Å². The Hall–Kier alpha value is -7.05. The SMILES string of the molecule is Cc1cc(C2=CC=C(c3cc(/C=C(\C#N)CC(=O)O)cc(/C=C(\C#N)C(=O)O)c3)C(=NS)C2=N)sc1-c1ccc(N(c2ccccc2)c2ccccc2)cc1. The van der Waals surface area contributed by atoms with Crippen LogP contribution < -0.4 is 4.90 Å². The Balaban J connectivity index is 1.37. The molecule has 1 aliphatic rings. The Morgan fingerprint density at radius 1 is 0.800 bits per heavy atom. The molecule has 3 N–H and O–H groups in total. The van der Waals surface area contributed by atoms with Gasteiger partial charge in [0.15, 0.2) is 0 Å². The number of nitrogens with zero attached hydrogens (tertiary/aromatic N) is 4. The van der Waals surface area contributed by atoms with Gasteiger partial charge in [-0.05, 0) is 120 Å². The first-order valence-electron chi connectivity index (χ1n) is 16.8. The summed E-state index contributed by atoms with van der Waals surface area (Å²) < 4.78 is 4.18. The van der Waals surface area contributed by atoms with Crippen LogP contribution in [0.5, 0.6) is 0 Å². The van der Waals surface area contributed by atoms with E-state index in [0.29, 0.717) is 27.8 Å². The minimum absolute atomic E-state index is 0.0304. The Labute approximate surface area is 327 Å². The lowest BCUT2D eigenvalue weighted by atomic mass is 9.87. The normalized spacial score (nSPS) is 13.7. The summed E-state index contributed by atoms with van der Waals surface area (Å²) in [5, 5.41) is 46.9. The minimum atomic E-state index is -1.42. The number of benzene rings is 4. The smallest absolute Gasteiger partial charge is 0.346 e. The molecule has 0 amide bonds. The minimum Gasteiger partial charge on any atom is -0.481 e. The summed E-state index contributed by atoms with van der Waals surface area (Å²) in [6.07, 6.45) is 5.66. The fraction of sp³-hybridized carbons (Fsp3) is 0.0455. The van der Waals surface area contributed by atoms with Crippen molar-refractivity contribution in [2.75, 3.05) is 4.90 Å². The number of allylic oxidation sites excluding steroid dienone is 4. The lowest BCUT2D eigenvalue weighted by Gasteiger charge is -2.25. The van der Waals surface area contributed by atoms with Gasteiger partial charge in [-0.2, -0.15) is 10.5 Å². The van der Waals surface area contributed by atoms with Crippen LogP contribution in [0.1, 0.15) is 33.6 Å². The molecule has 0 atom stereocenters. The maximum atomic E-state index is 11.6. The van der Waals surface area contributed by atoms with Crippen molar-refractivity contribution in [2.24, 2.45) is 4.40 Å². The molecule has 0 saturated heterocycles. The number of aryl methyl sites for hydroxylation is 1. The summed E-state index contributed by atoms with van der Waals surface area (Å²) in [4.78, 5) is 27.1. The van der Waals surface area contributed by atoms with E-state index < -0.39 is 23.9 Å². The van der Waals surface area contributed by atoms with Crippen molar-refractivity contribution in [3.8, 4) is 22.6 Å². The molecule has 6 rings (SSSR count). The van der Waals surface area contributed by atoms with Gasteiger partial charge in [0.05, 0.1) is 18.2 Å². The number of para-hydroxylation sites is 2. The van der Waals surface area contributed by atoms with Gasteiger partial charge < -0.3 is 15.1 Å². The van der Waals surface area contributed by atoms with Crippen LogP contribution in [0, 0.1) is 35.0 Å². The number of carboxylic acid groups (broad SMARTS) is 2. The monoisotopic (exact) mass is 757 g/mol. The standard InChI is InChI=1S/C44H31N5O4S2/c1-27-18-39(55-43(27)31-12-14-36(15-13-31)49(34-8-4-2-5-9-34)35-10-6-3-7-11-35)38-17-16-37(42(48-54)41(38)47)32-21-28(20-30(25-45)24-40(50)51)19-29(22-32)23-33(26-46)44(52)53/h2-23,47,54H,24H2,1H3,(H,50,51)(H,52,53)/b30-20-,33-23+,47-41?,48-42?. The van der Waals surface area contributed by atoms with Crippen LogP contribution in [0.2, 0.25) is 0 Å². The number of rotatable bonds is 11. The summed E-state index contributed by atoms with van der Waals surface area (Å²) in [5.74, 6) is -2.60. The van der Waals surface area contributed by atoms with Crippen molar-refractivity contribution in [2.45, 2.75) is 13.3 Å². The molecular weight excluding hydrogens is 727 g/mol. The van der Waals surface area contributed by atoms with Gasteiger partial charge in [-0.25, -0.2) is 9.19 Å². The molecule has 0 bridgehead atoms. The number of anilines is 3. The zero-order valence-electron chi connectivity index (χ0n) is 29.3. The molecule has 0 fully saturated rings. The lowest BCUT2D eigenvalue weighted by molar-refractivity contribution is -0.136. The van der Waals surface area contributed by atoms with Gasteiger partial charge >= 0.3 is 11.9 Å². The molecule has 0 unspecified atom stereocenters. The predicted molar refractivity (Wildman–Crippen MR) is 223 cm³/mol. The summed E-state index contributed by atoms with van der Waals surface area (Å²) in [6.45, 7) is 2.03. The first-order valence-corrected chi connectivity index (χ1v) is 18.0. The maximum absolute atomic E-state index is 11.6. The van der Waals surface area contributed by atoms with Gasteiger partial charge in [-0.15, -0.1) is 11.3 Å². The molecule has 0 saturated carbocycles. The van der Waals surface area contributed by atoms with Crippen LogP contribution in [0.15, 0.2) is 137 Å². The highest BCUT2D eigenvalue weighted by molar-refractivity contribution is 7.79. The topological polar surface area (TPSA) is 162 Å². The lowest BCUT2D eigenvalue weighted by Crippen LogP contribution is -2.19. The van der Waals surface area contributed by atoms with Crippen LogP contribution in [0.25, 0.3) is 33.7 Å².